The van der Waals surface area contributed by atoms with Crippen molar-refractivity contribution in [1.82, 2.24) is 15.5 Å². The smallest absolute Gasteiger partial charge is 0.191 e. The molecule has 0 unspecified atom stereocenters. The Kier molecular flexibility index (Phi) is 9.27. The fourth-order valence-corrected chi connectivity index (χ4v) is 5.12. The minimum Gasteiger partial charge on any atom is -0.363 e. The second-order valence-corrected chi connectivity index (χ2v) is 8.93. The molecular weight excluding hydrogens is 505 g/mol. The zero-order valence-electron chi connectivity index (χ0n) is 17.8. The van der Waals surface area contributed by atoms with E-state index < -0.39 is 0 Å². The van der Waals surface area contributed by atoms with E-state index in [2.05, 4.69) is 67.2 Å². The molecule has 1 saturated heterocycles. The highest BCUT2D eigenvalue weighted by atomic mass is 127. The maximum absolute atomic E-state index is 4.43. The molecule has 7 heteroatoms. The van der Waals surface area contributed by atoms with Gasteiger partial charge < -0.3 is 15.5 Å². The minimum atomic E-state index is 0. The number of anilines is 1. The number of halogens is 1. The fraction of sp³-hybridized carbons (Fsp3) is 0.522. The first kappa shape index (κ1) is 23.3. The molecule has 2 N–H and O–H groups in total. The Hall–Kier alpha value is -1.32. The number of piperidine rings is 1. The van der Waals surface area contributed by atoms with E-state index in [1.807, 2.05) is 18.4 Å². The second kappa shape index (κ2) is 11.9. The summed E-state index contributed by atoms with van der Waals surface area (Å²) in [5.74, 6) is 0.948. The largest absolute Gasteiger partial charge is 0.363 e. The first-order chi connectivity index (χ1) is 14.3. The van der Waals surface area contributed by atoms with Gasteiger partial charge in [0.2, 0.25) is 0 Å². The standard InChI is InChI=1S/C23H33N5S.HI/c1-24-23(26-21-10-15-28(16-11-21)22-8-4-17-29-22)25-12-5-13-27-14-9-19-6-2-3-7-20(19)18-27;/h2-4,6-8,17,21H,5,9-16,18H2,1H3,(H2,24,25,26);1H. The molecule has 3 heterocycles. The summed E-state index contributed by atoms with van der Waals surface area (Å²) in [5, 5.41) is 10.7. The highest BCUT2D eigenvalue weighted by molar-refractivity contribution is 14.0. The van der Waals surface area contributed by atoms with Gasteiger partial charge >= 0.3 is 0 Å². The number of rotatable bonds is 6. The Morgan fingerprint density at radius 3 is 2.63 bits per heavy atom. The molecule has 1 fully saturated rings. The van der Waals surface area contributed by atoms with Crippen LogP contribution in [-0.4, -0.2) is 56.7 Å². The van der Waals surface area contributed by atoms with Crippen molar-refractivity contribution in [1.29, 1.82) is 0 Å². The topological polar surface area (TPSA) is 42.9 Å². The summed E-state index contributed by atoms with van der Waals surface area (Å²) in [6.07, 6.45) is 4.63. The Labute approximate surface area is 202 Å². The number of hydrogen-bond donors (Lipinski definition) is 2. The molecule has 0 atom stereocenters. The third kappa shape index (κ3) is 6.34. The number of fused-ring (bicyclic) bond motifs is 1. The number of nitrogens with zero attached hydrogens (tertiary/aromatic N) is 3. The van der Waals surface area contributed by atoms with Gasteiger partial charge in [0.05, 0.1) is 5.00 Å². The van der Waals surface area contributed by atoms with Gasteiger partial charge in [-0.2, -0.15) is 0 Å². The lowest BCUT2D eigenvalue weighted by atomic mass is 10.00. The highest BCUT2D eigenvalue weighted by Gasteiger charge is 2.20. The van der Waals surface area contributed by atoms with E-state index in [4.69, 9.17) is 0 Å². The summed E-state index contributed by atoms with van der Waals surface area (Å²) < 4.78 is 0. The quantitative estimate of drug-likeness (QED) is 0.253. The Morgan fingerprint density at radius 1 is 1.10 bits per heavy atom. The number of thiophene rings is 1. The number of aliphatic imine (C=N–C) groups is 1. The van der Waals surface area contributed by atoms with Gasteiger partial charge in [-0.3, -0.25) is 9.89 Å². The van der Waals surface area contributed by atoms with Gasteiger partial charge in [0.15, 0.2) is 5.96 Å². The molecule has 1 aromatic heterocycles. The maximum Gasteiger partial charge on any atom is 0.191 e. The van der Waals surface area contributed by atoms with Crippen LogP contribution >= 0.6 is 35.3 Å². The van der Waals surface area contributed by atoms with E-state index in [1.54, 1.807) is 0 Å². The van der Waals surface area contributed by atoms with E-state index in [0.29, 0.717) is 6.04 Å². The monoisotopic (exact) mass is 539 g/mol. The molecule has 5 nitrogen and oxygen atoms in total. The van der Waals surface area contributed by atoms with Crippen molar-refractivity contribution in [3.05, 3.63) is 52.9 Å². The minimum absolute atomic E-state index is 0. The van der Waals surface area contributed by atoms with E-state index in [9.17, 15) is 0 Å². The van der Waals surface area contributed by atoms with Gasteiger partial charge in [-0.15, -0.1) is 35.3 Å². The van der Waals surface area contributed by atoms with Crippen LogP contribution in [-0.2, 0) is 13.0 Å². The lowest BCUT2D eigenvalue weighted by Gasteiger charge is -2.33. The summed E-state index contributed by atoms with van der Waals surface area (Å²) in [4.78, 5) is 9.50. The van der Waals surface area contributed by atoms with Crippen LogP contribution in [0.1, 0.15) is 30.4 Å². The predicted octanol–water partition coefficient (Wildman–Crippen LogP) is 3.95. The van der Waals surface area contributed by atoms with Gasteiger partial charge in [-0.25, -0.2) is 0 Å². The zero-order valence-corrected chi connectivity index (χ0v) is 21.0. The molecule has 164 valence electrons. The second-order valence-electron chi connectivity index (χ2n) is 8.00. The summed E-state index contributed by atoms with van der Waals surface area (Å²) in [7, 11) is 1.87. The number of hydrogen-bond acceptors (Lipinski definition) is 4. The van der Waals surface area contributed by atoms with Crippen molar-refractivity contribution in [2.45, 2.75) is 38.3 Å². The SMILES string of the molecule is CN=C(NCCCN1CCc2ccccc2C1)NC1CCN(c2cccs2)CC1.I. The first-order valence-corrected chi connectivity index (χ1v) is 11.7. The normalized spacial score (nSPS) is 17.9. The Balaban J connectivity index is 0.00000256. The molecule has 0 amide bonds. The van der Waals surface area contributed by atoms with Crippen LogP contribution in [0.3, 0.4) is 0 Å². The van der Waals surface area contributed by atoms with Gasteiger partial charge in [0.25, 0.3) is 0 Å². The number of nitrogens with one attached hydrogen (secondary N) is 2. The van der Waals surface area contributed by atoms with Crippen molar-refractivity contribution in [3.8, 4) is 0 Å². The molecule has 0 radical (unpaired) electrons. The fourth-order valence-electron chi connectivity index (χ4n) is 4.34. The summed E-state index contributed by atoms with van der Waals surface area (Å²) in [6, 6.07) is 13.7. The van der Waals surface area contributed by atoms with E-state index in [0.717, 1.165) is 57.9 Å². The molecular formula is C23H34IN5S. The van der Waals surface area contributed by atoms with Crippen molar-refractivity contribution in [2.75, 3.05) is 44.7 Å². The lowest BCUT2D eigenvalue weighted by Crippen LogP contribution is -2.49. The molecule has 4 rings (SSSR count). The van der Waals surface area contributed by atoms with Crippen LogP contribution in [0.5, 0.6) is 0 Å². The molecule has 0 saturated carbocycles. The van der Waals surface area contributed by atoms with Crippen molar-refractivity contribution in [2.24, 2.45) is 4.99 Å². The highest BCUT2D eigenvalue weighted by Crippen LogP contribution is 2.24. The van der Waals surface area contributed by atoms with Crippen molar-refractivity contribution in [3.63, 3.8) is 0 Å². The zero-order chi connectivity index (χ0) is 19.9. The summed E-state index contributed by atoms with van der Waals surface area (Å²) in [5.41, 5.74) is 3.02. The van der Waals surface area contributed by atoms with Crippen LogP contribution < -0.4 is 15.5 Å². The van der Waals surface area contributed by atoms with Gasteiger partial charge in [0, 0.05) is 52.4 Å². The number of benzene rings is 1. The third-order valence-corrected chi connectivity index (χ3v) is 6.96. The molecule has 2 aromatic rings. The molecule has 0 aliphatic carbocycles. The first-order valence-electron chi connectivity index (χ1n) is 10.9. The predicted molar refractivity (Wildman–Crippen MR) is 140 cm³/mol. The summed E-state index contributed by atoms with van der Waals surface area (Å²) in [6.45, 7) is 6.60. The van der Waals surface area contributed by atoms with Crippen LogP contribution in [0.15, 0.2) is 46.8 Å². The van der Waals surface area contributed by atoms with E-state index >= 15 is 0 Å². The van der Waals surface area contributed by atoms with Gasteiger partial charge in [0.1, 0.15) is 0 Å². The van der Waals surface area contributed by atoms with Crippen molar-refractivity contribution >= 4 is 46.3 Å². The van der Waals surface area contributed by atoms with Crippen LogP contribution in [0.25, 0.3) is 0 Å². The number of guanidine groups is 1. The molecule has 30 heavy (non-hydrogen) atoms. The molecule has 0 bridgehead atoms. The van der Waals surface area contributed by atoms with E-state index in [1.165, 1.54) is 29.1 Å². The average Bonchev–Trinajstić information content (AvgIpc) is 3.31. The maximum atomic E-state index is 4.43. The van der Waals surface area contributed by atoms with E-state index in [-0.39, 0.29) is 24.0 Å². The molecule has 2 aliphatic heterocycles. The Bertz CT molecular complexity index is 787. The summed E-state index contributed by atoms with van der Waals surface area (Å²) >= 11 is 1.84. The van der Waals surface area contributed by atoms with Gasteiger partial charge in [-0.05, 0) is 54.3 Å². The van der Waals surface area contributed by atoms with Crippen LogP contribution in [0.2, 0.25) is 0 Å². The third-order valence-electron chi connectivity index (χ3n) is 6.03. The Morgan fingerprint density at radius 2 is 1.90 bits per heavy atom. The molecule has 2 aliphatic rings. The van der Waals surface area contributed by atoms with Crippen molar-refractivity contribution < 1.29 is 0 Å². The van der Waals surface area contributed by atoms with Crippen LogP contribution in [0, 0.1) is 0 Å². The molecule has 1 aromatic carbocycles. The average molecular weight is 540 g/mol. The van der Waals surface area contributed by atoms with Crippen LogP contribution in [0.4, 0.5) is 5.00 Å². The van der Waals surface area contributed by atoms with Gasteiger partial charge in [-0.1, -0.05) is 24.3 Å². The molecule has 0 spiro atoms. The lowest BCUT2D eigenvalue weighted by molar-refractivity contribution is 0.251.